The molecule has 0 aliphatic carbocycles. The highest BCUT2D eigenvalue weighted by Crippen LogP contribution is 2.60. The maximum Gasteiger partial charge on any atom is 0.347 e. The Morgan fingerprint density at radius 3 is 2.12 bits per heavy atom. The first kappa shape index (κ1) is 20.1. The van der Waals surface area contributed by atoms with E-state index >= 15 is 0 Å². The fourth-order valence-corrected chi connectivity index (χ4v) is 6.06. The average molecular weight is 421 g/mol. The highest BCUT2D eigenvalue weighted by atomic mass is 32.1. The Kier molecular flexibility index (Phi) is 6.09. The minimum Gasteiger partial charge on any atom is -0.347 e. The van der Waals surface area contributed by atoms with E-state index in [9.17, 15) is 33.5 Å². The molecular weight excluding hydrogens is 408 g/mol. The molecule has 0 aliphatic heterocycles. The molecule has 0 unspecified atom stereocenters. The number of hydrogen-bond acceptors (Lipinski definition) is 5. The molecule has 0 spiro atoms. The molecule has 0 saturated carbocycles. The van der Waals surface area contributed by atoms with E-state index in [4.69, 9.17) is 12.2 Å². The highest BCUT2D eigenvalue weighted by molar-refractivity contribution is 7.85. The minimum atomic E-state index is -5.22. The Hall–Kier alpha value is -1.22. The van der Waals surface area contributed by atoms with Gasteiger partial charge in [-0.3, -0.25) is 13.9 Å². The zero-order chi connectivity index (χ0) is 18.8. The van der Waals surface area contributed by atoms with E-state index in [-0.39, 0.29) is 16.3 Å². The standard InChI is InChI=1S/C13H13NO7P2S2/c15-10(8-4-2-1-3-5-8)11-9(6-7-25-11)14-12(24)13(22(16,17)18)23(19,20)21/h1-7,13H,(H,14,24)(H2,16,17,18)(H2,19,20,21). The van der Waals surface area contributed by atoms with Crippen molar-refractivity contribution in [2.75, 3.05) is 5.32 Å². The van der Waals surface area contributed by atoms with Crippen molar-refractivity contribution in [3.05, 3.63) is 52.2 Å². The second kappa shape index (κ2) is 7.57. The number of thiocarbonyl (C=S) groups is 1. The molecular formula is C13H13NO7P2S2. The van der Waals surface area contributed by atoms with E-state index < -0.39 is 25.6 Å². The maximum absolute atomic E-state index is 12.5. The summed E-state index contributed by atoms with van der Waals surface area (Å²) >= 11 is 5.84. The monoisotopic (exact) mass is 421 g/mol. The summed E-state index contributed by atoms with van der Waals surface area (Å²) < 4.78 is 22.8. The SMILES string of the molecule is O=C(c1ccccc1)c1sccc1NC(=S)C(P(=O)(O)O)P(=O)(O)O. The second-order valence-electron chi connectivity index (χ2n) is 4.90. The topological polar surface area (TPSA) is 144 Å². The number of anilines is 1. The van der Waals surface area contributed by atoms with Crippen LogP contribution in [-0.4, -0.2) is 35.7 Å². The summed E-state index contributed by atoms with van der Waals surface area (Å²) in [6.07, 6.45) is 0. The van der Waals surface area contributed by atoms with Crippen molar-refractivity contribution >= 4 is 55.2 Å². The molecule has 1 heterocycles. The van der Waals surface area contributed by atoms with Gasteiger partial charge in [-0.2, -0.15) is 0 Å². The van der Waals surface area contributed by atoms with Crippen LogP contribution >= 0.6 is 38.7 Å². The molecule has 134 valence electrons. The number of benzene rings is 1. The van der Waals surface area contributed by atoms with Crippen molar-refractivity contribution in [1.29, 1.82) is 0 Å². The molecule has 8 nitrogen and oxygen atoms in total. The molecule has 2 rings (SSSR count). The molecule has 2 aromatic rings. The zero-order valence-electron chi connectivity index (χ0n) is 12.3. The molecule has 0 radical (unpaired) electrons. The lowest BCUT2D eigenvalue weighted by atomic mass is 10.1. The first-order valence-electron chi connectivity index (χ1n) is 6.60. The number of thiophene rings is 1. The van der Waals surface area contributed by atoms with Crippen LogP contribution in [-0.2, 0) is 9.13 Å². The van der Waals surface area contributed by atoms with Crippen LogP contribution < -0.4 is 5.32 Å². The minimum absolute atomic E-state index is 0.121. The van der Waals surface area contributed by atoms with Gasteiger partial charge in [0.25, 0.3) is 0 Å². The summed E-state index contributed by atoms with van der Waals surface area (Å²) in [5, 5.41) is 1.46. The fourth-order valence-electron chi connectivity index (χ4n) is 2.00. The van der Waals surface area contributed by atoms with Gasteiger partial charge in [0.05, 0.1) is 10.6 Å². The average Bonchev–Trinajstić information content (AvgIpc) is 2.92. The lowest BCUT2D eigenvalue weighted by molar-refractivity contribution is 0.104. The molecule has 0 saturated heterocycles. The Morgan fingerprint density at radius 2 is 1.60 bits per heavy atom. The summed E-state index contributed by atoms with van der Waals surface area (Å²) in [7, 11) is -10.4. The summed E-state index contributed by atoms with van der Waals surface area (Å²) in [6, 6.07) is 9.72. The lowest BCUT2D eigenvalue weighted by Crippen LogP contribution is -2.26. The molecule has 0 fully saturated rings. The smallest absolute Gasteiger partial charge is 0.347 e. The van der Waals surface area contributed by atoms with E-state index in [1.54, 1.807) is 35.7 Å². The van der Waals surface area contributed by atoms with Crippen molar-refractivity contribution < 1.29 is 33.5 Å². The largest absolute Gasteiger partial charge is 0.347 e. The molecule has 25 heavy (non-hydrogen) atoms. The third-order valence-corrected chi connectivity index (χ3v) is 8.23. The predicted octanol–water partition coefficient (Wildman–Crippen LogP) is 2.40. The van der Waals surface area contributed by atoms with E-state index in [2.05, 4.69) is 5.32 Å². The summed E-state index contributed by atoms with van der Waals surface area (Å²) in [5.41, 5.74) is 0.510. The summed E-state index contributed by atoms with van der Waals surface area (Å²) in [6.45, 7) is 0. The predicted molar refractivity (Wildman–Crippen MR) is 98.3 cm³/mol. The van der Waals surface area contributed by atoms with Crippen LogP contribution in [0.5, 0.6) is 0 Å². The van der Waals surface area contributed by atoms with Gasteiger partial charge in [0.15, 0.2) is 0 Å². The summed E-state index contributed by atoms with van der Waals surface area (Å²) in [5.74, 6) is -0.357. The van der Waals surface area contributed by atoms with Gasteiger partial charge in [-0.15, -0.1) is 11.3 Å². The number of rotatable bonds is 6. The lowest BCUT2D eigenvalue weighted by Gasteiger charge is -2.21. The number of nitrogens with one attached hydrogen (secondary N) is 1. The Balaban J connectivity index is 2.32. The third kappa shape index (κ3) is 4.91. The van der Waals surface area contributed by atoms with E-state index in [0.29, 0.717) is 5.56 Å². The van der Waals surface area contributed by atoms with Crippen LogP contribution in [0.2, 0.25) is 0 Å². The Morgan fingerprint density at radius 1 is 1.04 bits per heavy atom. The van der Waals surface area contributed by atoms with Gasteiger partial charge < -0.3 is 24.9 Å². The normalized spacial score (nSPS) is 12.2. The van der Waals surface area contributed by atoms with Crippen LogP contribution in [0, 0.1) is 0 Å². The molecule has 5 N–H and O–H groups in total. The van der Waals surface area contributed by atoms with Gasteiger partial charge in [-0.25, -0.2) is 0 Å². The summed E-state index contributed by atoms with van der Waals surface area (Å²) in [4.78, 5) is 48.7. The molecule has 1 aromatic carbocycles. The third-order valence-electron chi connectivity index (χ3n) is 3.04. The van der Waals surface area contributed by atoms with Gasteiger partial charge in [-0.1, -0.05) is 42.5 Å². The van der Waals surface area contributed by atoms with Gasteiger partial charge in [0, 0.05) is 5.56 Å². The number of carbonyl (C=O) groups excluding carboxylic acids is 1. The van der Waals surface area contributed by atoms with Crippen LogP contribution in [0.4, 0.5) is 5.69 Å². The van der Waals surface area contributed by atoms with Crippen molar-refractivity contribution in [2.45, 2.75) is 5.40 Å². The van der Waals surface area contributed by atoms with Crippen molar-refractivity contribution in [1.82, 2.24) is 0 Å². The maximum atomic E-state index is 12.5. The molecule has 0 bridgehead atoms. The Labute approximate surface area is 151 Å². The van der Waals surface area contributed by atoms with Crippen molar-refractivity contribution in [2.24, 2.45) is 0 Å². The van der Waals surface area contributed by atoms with Crippen molar-refractivity contribution in [3.63, 3.8) is 0 Å². The zero-order valence-corrected chi connectivity index (χ0v) is 15.8. The quantitative estimate of drug-likeness (QED) is 0.270. The van der Waals surface area contributed by atoms with Gasteiger partial charge in [0.2, 0.25) is 11.2 Å². The highest BCUT2D eigenvalue weighted by Gasteiger charge is 2.47. The molecule has 1 aromatic heterocycles. The van der Waals surface area contributed by atoms with Gasteiger partial charge in [-0.05, 0) is 11.4 Å². The number of carbonyl (C=O) groups is 1. The van der Waals surface area contributed by atoms with Crippen LogP contribution in [0.15, 0.2) is 41.8 Å². The van der Waals surface area contributed by atoms with E-state index in [1.807, 2.05) is 0 Å². The number of ketones is 1. The van der Waals surface area contributed by atoms with Crippen LogP contribution in [0.1, 0.15) is 15.2 Å². The van der Waals surface area contributed by atoms with Gasteiger partial charge >= 0.3 is 15.2 Å². The van der Waals surface area contributed by atoms with Crippen LogP contribution in [0.3, 0.4) is 0 Å². The van der Waals surface area contributed by atoms with Crippen LogP contribution in [0.25, 0.3) is 0 Å². The van der Waals surface area contributed by atoms with Gasteiger partial charge in [0.1, 0.15) is 4.99 Å². The first-order chi connectivity index (χ1) is 11.5. The van der Waals surface area contributed by atoms with E-state index in [0.717, 1.165) is 11.3 Å². The molecule has 0 amide bonds. The molecule has 12 heteroatoms. The molecule has 0 aliphatic rings. The van der Waals surface area contributed by atoms with Crippen molar-refractivity contribution in [3.8, 4) is 0 Å². The number of hydrogen-bond donors (Lipinski definition) is 5. The first-order valence-corrected chi connectivity index (χ1v) is 11.3. The second-order valence-corrected chi connectivity index (χ2v) is 10.1. The van der Waals surface area contributed by atoms with E-state index in [1.165, 1.54) is 6.07 Å². The molecule has 0 atom stereocenters. The fraction of sp³-hybridized carbons (Fsp3) is 0.0769. The Bertz CT molecular complexity index is 865.